The maximum atomic E-state index is 13.4. The van der Waals surface area contributed by atoms with Crippen molar-refractivity contribution in [3.63, 3.8) is 0 Å². The van der Waals surface area contributed by atoms with Gasteiger partial charge in [-0.3, -0.25) is 4.79 Å². The van der Waals surface area contributed by atoms with E-state index in [9.17, 15) is 17.6 Å². The van der Waals surface area contributed by atoms with Crippen LogP contribution in [-0.2, 0) is 14.8 Å². The summed E-state index contributed by atoms with van der Waals surface area (Å²) in [6.07, 6.45) is -1.31. The molecule has 0 saturated carbocycles. The first-order chi connectivity index (χ1) is 11.8. The van der Waals surface area contributed by atoms with Gasteiger partial charge in [-0.1, -0.05) is 11.6 Å². The quantitative estimate of drug-likeness (QED) is 0.752. The molecule has 25 heavy (non-hydrogen) atoms. The molecule has 2 aromatic carbocycles. The van der Waals surface area contributed by atoms with Gasteiger partial charge >= 0.3 is 0 Å². The Hall–Kier alpha value is -2.36. The predicted molar refractivity (Wildman–Crippen MR) is 90.8 cm³/mol. The summed E-state index contributed by atoms with van der Waals surface area (Å²) in [5.74, 6) is -0.871. The van der Waals surface area contributed by atoms with Crippen molar-refractivity contribution in [1.82, 2.24) is 4.72 Å². The molecule has 0 bridgehead atoms. The molecule has 132 valence electrons. The molecule has 1 heterocycles. The first-order valence-electron chi connectivity index (χ1n) is 7.03. The second-order valence-corrected chi connectivity index (χ2v) is 7.27. The van der Waals surface area contributed by atoms with E-state index in [1.165, 1.54) is 13.2 Å². The number of fused-ring (bicyclic) bond motifs is 1. The van der Waals surface area contributed by atoms with E-state index in [4.69, 9.17) is 16.3 Å². The fraction of sp³-hybridized carbons (Fsp3) is 0.133. The van der Waals surface area contributed by atoms with Crippen LogP contribution in [0.25, 0.3) is 0 Å². The molecule has 1 aliphatic rings. The molecule has 1 aliphatic heterocycles. The van der Waals surface area contributed by atoms with Gasteiger partial charge in [-0.15, -0.1) is 0 Å². The average molecular weight is 386 g/mol. The number of benzene rings is 2. The van der Waals surface area contributed by atoms with Crippen LogP contribution < -0.4 is 20.1 Å². The topological polar surface area (TPSA) is 96.5 Å². The third kappa shape index (κ3) is 3.53. The van der Waals surface area contributed by atoms with E-state index in [-0.39, 0.29) is 15.6 Å². The van der Waals surface area contributed by atoms with Crippen molar-refractivity contribution in [1.29, 1.82) is 0 Å². The molecule has 0 spiro atoms. The third-order valence-corrected chi connectivity index (χ3v) is 5.26. The Labute approximate surface area is 148 Å². The highest BCUT2D eigenvalue weighted by molar-refractivity contribution is 7.89. The van der Waals surface area contributed by atoms with Gasteiger partial charge in [0.1, 0.15) is 16.5 Å². The third-order valence-electron chi connectivity index (χ3n) is 3.49. The first kappa shape index (κ1) is 17.5. The van der Waals surface area contributed by atoms with Gasteiger partial charge in [-0.2, -0.15) is 4.72 Å². The number of sulfonamides is 1. The number of rotatable bonds is 3. The van der Waals surface area contributed by atoms with Crippen LogP contribution in [0.1, 0.15) is 0 Å². The van der Waals surface area contributed by atoms with Gasteiger partial charge in [0.05, 0.1) is 17.8 Å². The minimum Gasteiger partial charge on any atom is -0.495 e. The van der Waals surface area contributed by atoms with E-state index in [0.717, 1.165) is 18.2 Å². The van der Waals surface area contributed by atoms with E-state index in [2.05, 4.69) is 15.4 Å². The Bertz CT molecular complexity index is 952. The van der Waals surface area contributed by atoms with Crippen LogP contribution in [0.3, 0.4) is 0 Å². The standard InChI is InChI=1S/C15H13ClFN3O4S/c1-24-12-4-3-9(7-10(12)16)18-15(21)14-19-11-6-8(17)2-5-13(11)25(22,23)20-14/h2-7,14,19-20H,1H3,(H,18,21). The average Bonchev–Trinajstić information content (AvgIpc) is 2.53. The zero-order chi connectivity index (χ0) is 18.2. The van der Waals surface area contributed by atoms with Crippen molar-refractivity contribution in [2.24, 2.45) is 0 Å². The van der Waals surface area contributed by atoms with Gasteiger partial charge in [0, 0.05) is 5.69 Å². The van der Waals surface area contributed by atoms with E-state index in [0.29, 0.717) is 11.4 Å². The summed E-state index contributed by atoms with van der Waals surface area (Å²) in [5, 5.41) is 5.46. The molecule has 0 saturated heterocycles. The minimum absolute atomic E-state index is 0.00617. The molecule has 10 heteroatoms. The Morgan fingerprint density at radius 1 is 1.28 bits per heavy atom. The molecule has 7 nitrogen and oxygen atoms in total. The lowest BCUT2D eigenvalue weighted by molar-refractivity contribution is -0.117. The number of carbonyl (C=O) groups excluding carboxylic acids is 1. The Balaban J connectivity index is 1.83. The normalized spacial score (nSPS) is 18.0. The van der Waals surface area contributed by atoms with Crippen LogP contribution in [0.15, 0.2) is 41.3 Å². The summed E-state index contributed by atoms with van der Waals surface area (Å²) in [7, 11) is -2.50. The molecule has 1 amide bonds. The molecule has 0 aromatic heterocycles. The fourth-order valence-electron chi connectivity index (χ4n) is 2.33. The number of anilines is 2. The van der Waals surface area contributed by atoms with E-state index in [1.54, 1.807) is 12.1 Å². The second-order valence-electron chi connectivity index (χ2n) is 5.18. The highest BCUT2D eigenvalue weighted by atomic mass is 35.5. The molecule has 0 aliphatic carbocycles. The van der Waals surface area contributed by atoms with Gasteiger partial charge in [0.2, 0.25) is 10.0 Å². The summed E-state index contributed by atoms with van der Waals surface area (Å²) >= 11 is 5.98. The number of halogens is 2. The number of ether oxygens (including phenoxy) is 1. The van der Waals surface area contributed by atoms with E-state index >= 15 is 0 Å². The van der Waals surface area contributed by atoms with Crippen LogP contribution in [0.4, 0.5) is 15.8 Å². The van der Waals surface area contributed by atoms with Crippen molar-refractivity contribution in [3.8, 4) is 5.75 Å². The second kappa shape index (κ2) is 6.51. The lowest BCUT2D eigenvalue weighted by atomic mass is 10.2. The zero-order valence-electron chi connectivity index (χ0n) is 12.8. The Morgan fingerprint density at radius 2 is 2.04 bits per heavy atom. The maximum Gasteiger partial charge on any atom is 0.262 e. The van der Waals surface area contributed by atoms with Gasteiger partial charge in [-0.25, -0.2) is 12.8 Å². The molecule has 1 unspecified atom stereocenters. The molecule has 1 atom stereocenters. The summed E-state index contributed by atoms with van der Waals surface area (Å²) in [6.45, 7) is 0. The molecule has 0 fully saturated rings. The zero-order valence-corrected chi connectivity index (χ0v) is 14.4. The number of carbonyl (C=O) groups is 1. The van der Waals surface area contributed by atoms with E-state index < -0.39 is 27.9 Å². The van der Waals surface area contributed by atoms with Crippen molar-refractivity contribution in [2.75, 3.05) is 17.7 Å². The van der Waals surface area contributed by atoms with E-state index in [1.807, 2.05) is 0 Å². The smallest absolute Gasteiger partial charge is 0.262 e. The molecule has 2 aromatic rings. The Morgan fingerprint density at radius 3 is 2.72 bits per heavy atom. The fourth-order valence-corrected chi connectivity index (χ4v) is 3.85. The van der Waals surface area contributed by atoms with Crippen molar-refractivity contribution < 1.29 is 22.3 Å². The lowest BCUT2D eigenvalue weighted by Gasteiger charge is -2.27. The van der Waals surface area contributed by atoms with Gasteiger partial charge in [-0.05, 0) is 36.4 Å². The van der Waals surface area contributed by atoms with Gasteiger partial charge < -0.3 is 15.4 Å². The number of amides is 1. The summed E-state index contributed by atoms with van der Waals surface area (Å²) < 4.78 is 45.0. The molecule has 3 rings (SSSR count). The summed E-state index contributed by atoms with van der Waals surface area (Å²) in [6, 6.07) is 7.73. The number of hydrogen-bond donors (Lipinski definition) is 3. The van der Waals surface area contributed by atoms with Crippen molar-refractivity contribution in [3.05, 3.63) is 47.2 Å². The monoisotopic (exact) mass is 385 g/mol. The Kier molecular flexibility index (Phi) is 4.55. The van der Waals surface area contributed by atoms with Gasteiger partial charge in [0.25, 0.3) is 5.91 Å². The molecular weight excluding hydrogens is 373 g/mol. The highest BCUT2D eigenvalue weighted by Gasteiger charge is 2.33. The van der Waals surface area contributed by atoms with Crippen LogP contribution >= 0.6 is 11.6 Å². The first-order valence-corrected chi connectivity index (χ1v) is 8.89. The summed E-state index contributed by atoms with van der Waals surface area (Å²) in [4.78, 5) is 12.2. The minimum atomic E-state index is -3.95. The highest BCUT2D eigenvalue weighted by Crippen LogP contribution is 2.29. The van der Waals surface area contributed by atoms with Crippen molar-refractivity contribution >= 4 is 38.9 Å². The molecule has 0 radical (unpaired) electrons. The summed E-state index contributed by atoms with van der Waals surface area (Å²) in [5.41, 5.74) is 0.355. The molecular formula is C15H13ClFN3O4S. The lowest BCUT2D eigenvalue weighted by Crippen LogP contribution is -2.51. The van der Waals surface area contributed by atoms with Crippen LogP contribution in [0.2, 0.25) is 5.02 Å². The van der Waals surface area contributed by atoms with Crippen LogP contribution in [0, 0.1) is 5.82 Å². The number of hydrogen-bond acceptors (Lipinski definition) is 5. The van der Waals surface area contributed by atoms with Crippen LogP contribution in [0.5, 0.6) is 5.75 Å². The SMILES string of the molecule is COc1ccc(NC(=O)C2Nc3cc(F)ccc3S(=O)(=O)N2)cc1Cl. The van der Waals surface area contributed by atoms with Gasteiger partial charge in [0.15, 0.2) is 6.17 Å². The largest absolute Gasteiger partial charge is 0.495 e. The number of methoxy groups -OCH3 is 1. The molecule has 3 N–H and O–H groups in total. The predicted octanol–water partition coefficient (Wildman–Crippen LogP) is 2.16. The number of nitrogens with one attached hydrogen (secondary N) is 3. The van der Waals surface area contributed by atoms with Crippen molar-refractivity contribution in [2.45, 2.75) is 11.1 Å². The maximum absolute atomic E-state index is 13.4. The van der Waals surface area contributed by atoms with Crippen LogP contribution in [-0.4, -0.2) is 27.6 Å².